The molecule has 0 radical (unpaired) electrons. The summed E-state index contributed by atoms with van der Waals surface area (Å²) in [4.78, 5) is 0. The number of halogens is 2. The van der Waals surface area contributed by atoms with Gasteiger partial charge in [0.2, 0.25) is 10.0 Å². The molecule has 1 heterocycles. The van der Waals surface area contributed by atoms with E-state index in [2.05, 4.69) is 25.8 Å². The highest BCUT2D eigenvalue weighted by molar-refractivity contribution is 9.10. The Bertz CT molecular complexity index is 1050. The zero-order valence-electron chi connectivity index (χ0n) is 14.2. The van der Waals surface area contributed by atoms with Crippen LogP contribution in [0.15, 0.2) is 40.9 Å². The van der Waals surface area contributed by atoms with E-state index in [-0.39, 0.29) is 12.3 Å². The molecule has 0 spiro atoms. The first-order valence-electron chi connectivity index (χ1n) is 7.70. The van der Waals surface area contributed by atoms with Crippen LogP contribution in [0, 0.1) is 0 Å². The number of ether oxygens (including phenoxy) is 1. The van der Waals surface area contributed by atoms with Crippen molar-refractivity contribution in [1.29, 1.82) is 0 Å². The second-order valence-corrected chi connectivity index (χ2v) is 8.82. The van der Waals surface area contributed by atoms with Crippen molar-refractivity contribution in [2.24, 2.45) is 7.05 Å². The predicted molar refractivity (Wildman–Crippen MR) is 106 cm³/mol. The van der Waals surface area contributed by atoms with Crippen molar-refractivity contribution < 1.29 is 13.2 Å². The molecular weight excluding hydrogens is 442 g/mol. The van der Waals surface area contributed by atoms with Crippen molar-refractivity contribution in [2.45, 2.75) is 12.3 Å². The van der Waals surface area contributed by atoms with Crippen LogP contribution in [-0.4, -0.2) is 25.3 Å². The topological polar surface area (TPSA) is 73.2 Å². The summed E-state index contributed by atoms with van der Waals surface area (Å²) in [7, 11) is -0.251. The summed E-state index contributed by atoms with van der Waals surface area (Å²) in [6, 6.07) is 10.7. The Morgan fingerprint density at radius 2 is 1.92 bits per heavy atom. The van der Waals surface area contributed by atoms with E-state index in [4.69, 9.17) is 16.3 Å². The third-order valence-electron chi connectivity index (χ3n) is 3.94. The van der Waals surface area contributed by atoms with Gasteiger partial charge < -0.3 is 4.74 Å². The van der Waals surface area contributed by atoms with Gasteiger partial charge in [-0.05, 0) is 45.8 Å². The summed E-state index contributed by atoms with van der Waals surface area (Å²) in [5, 5.41) is 5.45. The van der Waals surface area contributed by atoms with E-state index < -0.39 is 10.0 Å². The maximum Gasteiger partial charge on any atom is 0.217 e. The molecule has 2 aromatic carbocycles. The lowest BCUT2D eigenvalue weighted by molar-refractivity contribution is 0.414. The van der Waals surface area contributed by atoms with Crippen LogP contribution in [0.1, 0.15) is 11.3 Å². The highest BCUT2D eigenvalue weighted by Gasteiger charge is 2.20. The minimum Gasteiger partial charge on any atom is -0.497 e. The number of benzene rings is 2. The molecule has 1 aromatic heterocycles. The molecule has 0 aliphatic heterocycles. The average Bonchev–Trinajstić information content (AvgIpc) is 2.93. The Hall–Kier alpha value is -1.61. The zero-order valence-corrected chi connectivity index (χ0v) is 17.3. The van der Waals surface area contributed by atoms with E-state index in [1.165, 1.54) is 0 Å². The largest absolute Gasteiger partial charge is 0.497 e. The molecule has 0 unspecified atom stereocenters. The Balaban J connectivity index is 1.81. The van der Waals surface area contributed by atoms with E-state index >= 15 is 0 Å². The van der Waals surface area contributed by atoms with E-state index in [1.54, 1.807) is 37.0 Å². The molecule has 0 fully saturated rings. The van der Waals surface area contributed by atoms with Crippen LogP contribution < -0.4 is 9.46 Å². The SMILES string of the molecule is COc1ccc(CNS(=O)(=O)Cc2nn(C)c3c(Br)ccc(Cl)c23)cc1. The molecule has 0 atom stereocenters. The standard InChI is InChI=1S/C17H17BrClN3O3S/c1-22-17-13(18)7-8-14(19)16(17)15(21-22)10-26(23,24)20-9-11-3-5-12(25-2)6-4-11/h3-8,20H,9-10H2,1-2H3. The van der Waals surface area contributed by atoms with Gasteiger partial charge in [-0.2, -0.15) is 5.10 Å². The second kappa shape index (κ2) is 7.56. The number of nitrogens with one attached hydrogen (secondary N) is 1. The van der Waals surface area contributed by atoms with Crippen molar-refractivity contribution in [2.75, 3.05) is 7.11 Å². The molecule has 0 amide bonds. The van der Waals surface area contributed by atoms with Gasteiger partial charge in [0.15, 0.2) is 0 Å². The third-order valence-corrected chi connectivity index (χ3v) is 6.14. The predicted octanol–water partition coefficient (Wildman–Crippen LogP) is 3.62. The van der Waals surface area contributed by atoms with Crippen LogP contribution in [0.5, 0.6) is 5.75 Å². The molecule has 6 nitrogen and oxygen atoms in total. The number of fused-ring (bicyclic) bond motifs is 1. The van der Waals surface area contributed by atoms with E-state index in [9.17, 15) is 8.42 Å². The first-order chi connectivity index (χ1) is 12.3. The third kappa shape index (κ3) is 4.03. The fourth-order valence-corrected chi connectivity index (χ4v) is 4.58. The second-order valence-electron chi connectivity index (χ2n) is 5.75. The van der Waals surface area contributed by atoms with Gasteiger partial charge in [0.1, 0.15) is 11.5 Å². The summed E-state index contributed by atoms with van der Waals surface area (Å²) in [5.41, 5.74) is 2.01. The highest BCUT2D eigenvalue weighted by Crippen LogP contribution is 2.32. The first kappa shape index (κ1) is 19.2. The van der Waals surface area contributed by atoms with Gasteiger partial charge in [0.25, 0.3) is 0 Å². The molecule has 9 heteroatoms. The lowest BCUT2D eigenvalue weighted by Crippen LogP contribution is -2.25. The number of aromatic nitrogens is 2. The number of rotatable bonds is 6. The van der Waals surface area contributed by atoms with Gasteiger partial charge >= 0.3 is 0 Å². The van der Waals surface area contributed by atoms with Gasteiger partial charge in [-0.1, -0.05) is 23.7 Å². The maximum absolute atomic E-state index is 12.5. The maximum atomic E-state index is 12.5. The van der Waals surface area contributed by atoms with Gasteiger partial charge in [-0.3, -0.25) is 4.68 Å². The summed E-state index contributed by atoms with van der Waals surface area (Å²) in [5.74, 6) is 0.466. The van der Waals surface area contributed by atoms with Crippen molar-refractivity contribution in [3.8, 4) is 5.75 Å². The summed E-state index contributed by atoms with van der Waals surface area (Å²) < 4.78 is 35.1. The van der Waals surface area contributed by atoms with Gasteiger partial charge in [0.05, 0.1) is 23.3 Å². The average molecular weight is 459 g/mol. The van der Waals surface area contributed by atoms with Crippen LogP contribution in [0.4, 0.5) is 0 Å². The minimum absolute atomic E-state index is 0.189. The number of methoxy groups -OCH3 is 1. The van der Waals surface area contributed by atoms with Crippen LogP contribution in [-0.2, 0) is 29.4 Å². The Morgan fingerprint density at radius 3 is 2.58 bits per heavy atom. The van der Waals surface area contributed by atoms with Crippen molar-refractivity contribution in [3.63, 3.8) is 0 Å². The summed E-state index contributed by atoms with van der Waals surface area (Å²) >= 11 is 9.73. The summed E-state index contributed by atoms with van der Waals surface area (Å²) in [6.07, 6.45) is 0. The van der Waals surface area contributed by atoms with Gasteiger partial charge in [0, 0.05) is 23.5 Å². The Morgan fingerprint density at radius 1 is 1.23 bits per heavy atom. The lowest BCUT2D eigenvalue weighted by atomic mass is 10.2. The number of hydrogen-bond acceptors (Lipinski definition) is 4. The molecular formula is C17H17BrClN3O3S. The van der Waals surface area contributed by atoms with E-state index in [0.29, 0.717) is 16.1 Å². The Labute approximate surface area is 165 Å². The minimum atomic E-state index is -3.59. The fourth-order valence-electron chi connectivity index (χ4n) is 2.68. The van der Waals surface area contributed by atoms with E-state index in [1.807, 2.05) is 18.2 Å². The van der Waals surface area contributed by atoms with Crippen molar-refractivity contribution >= 4 is 48.5 Å². The van der Waals surface area contributed by atoms with E-state index in [0.717, 1.165) is 21.3 Å². The molecule has 0 aliphatic carbocycles. The monoisotopic (exact) mass is 457 g/mol. The number of aryl methyl sites for hydroxylation is 1. The molecule has 138 valence electrons. The zero-order chi connectivity index (χ0) is 18.9. The molecule has 0 bridgehead atoms. The normalized spacial score (nSPS) is 11.8. The summed E-state index contributed by atoms with van der Waals surface area (Å²) in [6.45, 7) is 0.189. The molecule has 0 aliphatic rings. The quantitative estimate of drug-likeness (QED) is 0.612. The van der Waals surface area contributed by atoms with Crippen LogP contribution in [0.25, 0.3) is 10.9 Å². The van der Waals surface area contributed by atoms with Gasteiger partial charge in [-0.15, -0.1) is 0 Å². The van der Waals surface area contributed by atoms with Crippen molar-refractivity contribution in [3.05, 3.63) is 57.2 Å². The fraction of sp³-hybridized carbons (Fsp3) is 0.235. The Kier molecular flexibility index (Phi) is 5.57. The first-order valence-corrected chi connectivity index (χ1v) is 10.5. The molecule has 3 rings (SSSR count). The molecule has 0 saturated carbocycles. The van der Waals surface area contributed by atoms with Gasteiger partial charge in [-0.25, -0.2) is 13.1 Å². The number of sulfonamides is 1. The number of hydrogen-bond donors (Lipinski definition) is 1. The number of nitrogens with zero attached hydrogens (tertiary/aromatic N) is 2. The lowest BCUT2D eigenvalue weighted by Gasteiger charge is -2.07. The molecule has 3 aromatic rings. The molecule has 26 heavy (non-hydrogen) atoms. The molecule has 1 N–H and O–H groups in total. The molecule has 0 saturated heterocycles. The van der Waals surface area contributed by atoms with Crippen LogP contribution >= 0.6 is 27.5 Å². The van der Waals surface area contributed by atoms with Crippen molar-refractivity contribution in [1.82, 2.24) is 14.5 Å². The smallest absolute Gasteiger partial charge is 0.217 e. The van der Waals surface area contributed by atoms with Crippen LogP contribution in [0.3, 0.4) is 0 Å². The highest BCUT2D eigenvalue weighted by atomic mass is 79.9. The van der Waals surface area contributed by atoms with Crippen LogP contribution in [0.2, 0.25) is 5.02 Å².